The van der Waals surface area contributed by atoms with Gasteiger partial charge in [-0.2, -0.15) is 0 Å². The predicted molar refractivity (Wildman–Crippen MR) is 66.5 cm³/mol. The molecule has 1 aliphatic heterocycles. The molecule has 2 atom stereocenters. The molecule has 1 aromatic rings. The van der Waals surface area contributed by atoms with Gasteiger partial charge in [0, 0.05) is 6.61 Å². The summed E-state index contributed by atoms with van der Waals surface area (Å²) in [6.07, 6.45) is 0.778. The number of rotatable bonds is 4. The molecular weight excluding hydrogens is 218 g/mol. The summed E-state index contributed by atoms with van der Waals surface area (Å²) in [4.78, 5) is 0. The number of nitrogens with one attached hydrogen (secondary N) is 1. The topological polar surface area (TPSA) is 50.7 Å². The van der Waals surface area contributed by atoms with Crippen LogP contribution in [0, 0.1) is 0 Å². The van der Waals surface area contributed by atoms with Crippen LogP contribution >= 0.6 is 0 Å². The minimum atomic E-state index is -0.408. The van der Waals surface area contributed by atoms with E-state index in [0.29, 0.717) is 6.61 Å². The van der Waals surface area contributed by atoms with Crippen LogP contribution in [-0.4, -0.2) is 37.1 Å². The SMILES string of the molecule is COc1ccccc1NC1(CO)CCOC1C. The van der Waals surface area contributed by atoms with E-state index in [0.717, 1.165) is 17.9 Å². The van der Waals surface area contributed by atoms with Crippen molar-refractivity contribution in [2.45, 2.75) is 25.0 Å². The fourth-order valence-electron chi connectivity index (χ4n) is 2.21. The van der Waals surface area contributed by atoms with Crippen molar-refractivity contribution in [2.75, 3.05) is 25.6 Å². The molecule has 0 saturated carbocycles. The summed E-state index contributed by atoms with van der Waals surface area (Å²) in [6, 6.07) is 7.70. The van der Waals surface area contributed by atoms with Gasteiger partial charge in [0.25, 0.3) is 0 Å². The van der Waals surface area contributed by atoms with Crippen molar-refractivity contribution in [3.63, 3.8) is 0 Å². The van der Waals surface area contributed by atoms with E-state index in [1.165, 1.54) is 0 Å². The van der Waals surface area contributed by atoms with Gasteiger partial charge in [-0.15, -0.1) is 0 Å². The molecule has 17 heavy (non-hydrogen) atoms. The third kappa shape index (κ3) is 2.23. The molecule has 4 heteroatoms. The Balaban J connectivity index is 2.24. The highest BCUT2D eigenvalue weighted by Crippen LogP contribution is 2.33. The van der Waals surface area contributed by atoms with Crippen molar-refractivity contribution < 1.29 is 14.6 Å². The second-order valence-electron chi connectivity index (χ2n) is 4.40. The van der Waals surface area contributed by atoms with Gasteiger partial charge in [0.05, 0.1) is 31.0 Å². The lowest BCUT2D eigenvalue weighted by atomic mass is 9.92. The summed E-state index contributed by atoms with van der Waals surface area (Å²) in [5.41, 5.74) is 0.482. The lowest BCUT2D eigenvalue weighted by Crippen LogP contribution is -2.48. The lowest BCUT2D eigenvalue weighted by Gasteiger charge is -2.32. The Kier molecular flexibility index (Phi) is 3.54. The average Bonchev–Trinajstić information content (AvgIpc) is 2.72. The summed E-state index contributed by atoms with van der Waals surface area (Å²) in [5, 5.41) is 13.0. The van der Waals surface area contributed by atoms with Gasteiger partial charge in [0.1, 0.15) is 5.75 Å². The van der Waals surface area contributed by atoms with Crippen molar-refractivity contribution in [2.24, 2.45) is 0 Å². The Labute approximate surface area is 102 Å². The van der Waals surface area contributed by atoms with Crippen LogP contribution in [-0.2, 0) is 4.74 Å². The van der Waals surface area contributed by atoms with E-state index in [1.807, 2.05) is 31.2 Å². The summed E-state index contributed by atoms with van der Waals surface area (Å²) < 4.78 is 10.8. The molecule has 94 valence electrons. The number of aliphatic hydroxyl groups excluding tert-OH is 1. The van der Waals surface area contributed by atoms with Crippen molar-refractivity contribution in [1.82, 2.24) is 0 Å². The van der Waals surface area contributed by atoms with E-state index in [1.54, 1.807) is 7.11 Å². The Hall–Kier alpha value is -1.26. The smallest absolute Gasteiger partial charge is 0.141 e. The van der Waals surface area contributed by atoms with Crippen molar-refractivity contribution in [1.29, 1.82) is 0 Å². The average molecular weight is 237 g/mol. The fourth-order valence-corrected chi connectivity index (χ4v) is 2.21. The Morgan fingerprint density at radius 3 is 2.88 bits per heavy atom. The third-order valence-corrected chi connectivity index (χ3v) is 3.47. The van der Waals surface area contributed by atoms with Gasteiger partial charge < -0.3 is 19.9 Å². The molecular formula is C13H19NO3. The first kappa shape index (κ1) is 12.2. The first-order valence-electron chi connectivity index (χ1n) is 5.85. The number of anilines is 1. The quantitative estimate of drug-likeness (QED) is 0.836. The van der Waals surface area contributed by atoms with E-state index < -0.39 is 5.54 Å². The summed E-state index contributed by atoms with van der Waals surface area (Å²) in [5.74, 6) is 0.777. The van der Waals surface area contributed by atoms with E-state index >= 15 is 0 Å². The molecule has 1 saturated heterocycles. The minimum absolute atomic E-state index is 0.0163. The number of hydrogen-bond donors (Lipinski definition) is 2. The number of para-hydroxylation sites is 2. The van der Waals surface area contributed by atoms with Crippen LogP contribution < -0.4 is 10.1 Å². The zero-order valence-electron chi connectivity index (χ0n) is 10.3. The highest BCUT2D eigenvalue weighted by atomic mass is 16.5. The molecule has 0 bridgehead atoms. The minimum Gasteiger partial charge on any atom is -0.495 e. The summed E-state index contributed by atoms with van der Waals surface area (Å²) >= 11 is 0. The first-order valence-corrected chi connectivity index (χ1v) is 5.85. The van der Waals surface area contributed by atoms with Gasteiger partial charge in [0.2, 0.25) is 0 Å². The van der Waals surface area contributed by atoms with Gasteiger partial charge in [-0.25, -0.2) is 0 Å². The number of ether oxygens (including phenoxy) is 2. The molecule has 2 rings (SSSR count). The number of hydrogen-bond acceptors (Lipinski definition) is 4. The summed E-state index contributed by atoms with van der Waals surface area (Å²) in [7, 11) is 1.64. The third-order valence-electron chi connectivity index (χ3n) is 3.47. The fraction of sp³-hybridized carbons (Fsp3) is 0.538. The van der Waals surface area contributed by atoms with Crippen LogP contribution in [0.5, 0.6) is 5.75 Å². The summed E-state index contributed by atoms with van der Waals surface area (Å²) in [6.45, 7) is 2.70. The monoisotopic (exact) mass is 237 g/mol. The molecule has 0 amide bonds. The zero-order valence-corrected chi connectivity index (χ0v) is 10.3. The molecule has 0 aliphatic carbocycles. The maximum absolute atomic E-state index is 9.63. The van der Waals surface area contributed by atoms with Crippen molar-refractivity contribution in [3.05, 3.63) is 24.3 Å². The van der Waals surface area contributed by atoms with Gasteiger partial charge in [0.15, 0.2) is 0 Å². The van der Waals surface area contributed by atoms with Gasteiger partial charge in [-0.1, -0.05) is 12.1 Å². The van der Waals surface area contributed by atoms with E-state index in [-0.39, 0.29) is 12.7 Å². The molecule has 1 heterocycles. The van der Waals surface area contributed by atoms with Crippen molar-refractivity contribution >= 4 is 5.69 Å². The molecule has 2 unspecified atom stereocenters. The largest absolute Gasteiger partial charge is 0.495 e. The maximum atomic E-state index is 9.63. The second kappa shape index (κ2) is 4.94. The van der Waals surface area contributed by atoms with E-state index in [4.69, 9.17) is 9.47 Å². The van der Waals surface area contributed by atoms with Crippen molar-refractivity contribution in [3.8, 4) is 5.75 Å². The predicted octanol–water partition coefficient (Wildman–Crippen LogP) is 1.65. The van der Waals surface area contributed by atoms with Crippen LogP contribution in [0.25, 0.3) is 0 Å². The molecule has 1 aliphatic rings. The van der Waals surface area contributed by atoms with Crippen LogP contribution in [0.4, 0.5) is 5.69 Å². The Morgan fingerprint density at radius 1 is 1.53 bits per heavy atom. The molecule has 1 fully saturated rings. The molecule has 1 aromatic carbocycles. The Bertz CT molecular complexity index is 383. The number of methoxy groups -OCH3 is 1. The molecule has 0 radical (unpaired) electrons. The number of benzene rings is 1. The second-order valence-corrected chi connectivity index (χ2v) is 4.40. The molecule has 2 N–H and O–H groups in total. The van der Waals surface area contributed by atoms with Crippen LogP contribution in [0.1, 0.15) is 13.3 Å². The van der Waals surface area contributed by atoms with Gasteiger partial charge in [-0.3, -0.25) is 0 Å². The van der Waals surface area contributed by atoms with Gasteiger partial charge >= 0.3 is 0 Å². The Morgan fingerprint density at radius 2 is 2.29 bits per heavy atom. The zero-order chi connectivity index (χ0) is 12.3. The van der Waals surface area contributed by atoms with Gasteiger partial charge in [-0.05, 0) is 25.5 Å². The van der Waals surface area contributed by atoms with E-state index in [2.05, 4.69) is 5.32 Å². The standard InChI is InChI=1S/C13H19NO3/c1-10-13(9-15,7-8-17-10)14-11-5-3-4-6-12(11)16-2/h3-6,10,14-15H,7-9H2,1-2H3. The van der Waals surface area contributed by atoms with Crippen LogP contribution in [0.15, 0.2) is 24.3 Å². The molecule has 0 spiro atoms. The molecule has 0 aromatic heterocycles. The highest BCUT2D eigenvalue weighted by molar-refractivity contribution is 5.58. The van der Waals surface area contributed by atoms with Crippen LogP contribution in [0.2, 0.25) is 0 Å². The lowest BCUT2D eigenvalue weighted by molar-refractivity contribution is 0.0792. The normalized spacial score (nSPS) is 28.1. The number of aliphatic hydroxyl groups is 1. The first-order chi connectivity index (χ1) is 8.22. The van der Waals surface area contributed by atoms with E-state index in [9.17, 15) is 5.11 Å². The maximum Gasteiger partial charge on any atom is 0.141 e. The van der Waals surface area contributed by atoms with Crippen LogP contribution in [0.3, 0.4) is 0 Å². The highest BCUT2D eigenvalue weighted by Gasteiger charge is 2.41. The molecule has 4 nitrogen and oxygen atoms in total.